The molecule has 1 amide bonds. The number of benzene rings is 1. The van der Waals surface area contributed by atoms with Gasteiger partial charge in [0.1, 0.15) is 24.2 Å². The maximum atomic E-state index is 11.9. The van der Waals surface area contributed by atoms with Crippen molar-refractivity contribution in [3.8, 4) is 11.5 Å². The lowest BCUT2D eigenvalue weighted by molar-refractivity contribution is -0.140. The zero-order valence-corrected chi connectivity index (χ0v) is 12.2. The molecule has 0 aliphatic heterocycles. The third-order valence-corrected chi connectivity index (χ3v) is 2.91. The molecule has 0 spiro atoms. The van der Waals surface area contributed by atoms with Crippen LogP contribution in [0.25, 0.3) is 0 Å². The summed E-state index contributed by atoms with van der Waals surface area (Å²) in [5, 5.41) is 0. The van der Waals surface area contributed by atoms with E-state index in [-0.39, 0.29) is 12.5 Å². The van der Waals surface area contributed by atoms with E-state index in [1.54, 1.807) is 19.1 Å². The summed E-state index contributed by atoms with van der Waals surface area (Å²) in [6, 6.07) is 7.27. The Hall–Kier alpha value is -1.79. The molecule has 0 saturated carbocycles. The zero-order chi connectivity index (χ0) is 15.0. The summed E-state index contributed by atoms with van der Waals surface area (Å²) in [6.45, 7) is 1.03. The molecule has 6 heteroatoms. The first-order valence-electron chi connectivity index (χ1n) is 6.37. The number of rotatable bonds is 8. The van der Waals surface area contributed by atoms with Gasteiger partial charge in [0.25, 0.3) is 5.91 Å². The van der Waals surface area contributed by atoms with Gasteiger partial charge in [0.05, 0.1) is 13.7 Å². The average Bonchev–Trinajstić information content (AvgIpc) is 2.49. The van der Waals surface area contributed by atoms with E-state index >= 15 is 0 Å². The minimum absolute atomic E-state index is 0.145. The molecule has 1 atom stereocenters. The van der Waals surface area contributed by atoms with E-state index < -0.39 is 6.10 Å². The van der Waals surface area contributed by atoms with Crippen LogP contribution < -0.4 is 15.2 Å². The molecule has 1 aromatic rings. The summed E-state index contributed by atoms with van der Waals surface area (Å²) in [4.78, 5) is 13.4. The van der Waals surface area contributed by atoms with Gasteiger partial charge in [-0.2, -0.15) is 0 Å². The number of nitrogens with zero attached hydrogens (tertiary/aromatic N) is 1. The first-order chi connectivity index (χ1) is 9.62. The van der Waals surface area contributed by atoms with Crippen LogP contribution >= 0.6 is 0 Å². The number of carbonyl (C=O) groups excluding carboxylic acids is 1. The maximum absolute atomic E-state index is 11.9. The molecule has 0 saturated heterocycles. The van der Waals surface area contributed by atoms with Crippen LogP contribution in [0.15, 0.2) is 24.3 Å². The quantitative estimate of drug-likeness (QED) is 0.752. The summed E-state index contributed by atoms with van der Waals surface area (Å²) in [5.74, 6) is 1.36. The van der Waals surface area contributed by atoms with Crippen molar-refractivity contribution in [2.45, 2.75) is 6.10 Å². The first-order valence-corrected chi connectivity index (χ1v) is 6.37. The van der Waals surface area contributed by atoms with Crippen LogP contribution in [0, 0.1) is 0 Å². The Labute approximate surface area is 119 Å². The van der Waals surface area contributed by atoms with Gasteiger partial charge < -0.3 is 24.8 Å². The normalized spacial score (nSPS) is 11.8. The Bertz CT molecular complexity index is 404. The SMILES string of the molecule is COc1ccc(OCCN(C)C(=O)C(CN)OC)cc1. The molecule has 2 N–H and O–H groups in total. The molecule has 1 rings (SSSR count). The van der Waals surface area contributed by atoms with Gasteiger partial charge in [-0.15, -0.1) is 0 Å². The topological polar surface area (TPSA) is 74.0 Å². The second kappa shape index (κ2) is 8.39. The lowest BCUT2D eigenvalue weighted by Gasteiger charge is -2.22. The number of likely N-dealkylation sites (N-methyl/N-ethyl adjacent to an activating group) is 1. The molecule has 0 aliphatic carbocycles. The summed E-state index contributed by atoms with van der Waals surface area (Å²) >= 11 is 0. The van der Waals surface area contributed by atoms with Crippen molar-refractivity contribution >= 4 is 5.91 Å². The molecule has 112 valence electrons. The van der Waals surface area contributed by atoms with Crippen LogP contribution in [-0.2, 0) is 9.53 Å². The van der Waals surface area contributed by atoms with Gasteiger partial charge in [0.15, 0.2) is 0 Å². The van der Waals surface area contributed by atoms with Crippen molar-refractivity contribution in [3.63, 3.8) is 0 Å². The lowest BCUT2D eigenvalue weighted by Crippen LogP contribution is -2.43. The summed E-state index contributed by atoms with van der Waals surface area (Å²) < 4.78 is 15.6. The van der Waals surface area contributed by atoms with Gasteiger partial charge in [0, 0.05) is 20.7 Å². The number of ether oxygens (including phenoxy) is 3. The molecule has 0 aromatic heterocycles. The first kappa shape index (κ1) is 16.3. The summed E-state index contributed by atoms with van der Waals surface area (Å²) in [7, 11) is 4.78. The van der Waals surface area contributed by atoms with E-state index in [4.69, 9.17) is 19.9 Å². The Balaban J connectivity index is 2.37. The Morgan fingerprint density at radius 3 is 2.35 bits per heavy atom. The number of hydrogen-bond donors (Lipinski definition) is 1. The monoisotopic (exact) mass is 282 g/mol. The van der Waals surface area contributed by atoms with Gasteiger partial charge in [-0.3, -0.25) is 4.79 Å². The van der Waals surface area contributed by atoms with Crippen LogP contribution in [0.5, 0.6) is 11.5 Å². The molecule has 0 fully saturated rings. The van der Waals surface area contributed by atoms with E-state index in [1.807, 2.05) is 24.3 Å². The molecule has 6 nitrogen and oxygen atoms in total. The largest absolute Gasteiger partial charge is 0.497 e. The molecule has 1 aromatic carbocycles. The lowest BCUT2D eigenvalue weighted by atomic mass is 10.3. The highest BCUT2D eigenvalue weighted by Crippen LogP contribution is 2.16. The van der Waals surface area contributed by atoms with E-state index in [0.717, 1.165) is 11.5 Å². The highest BCUT2D eigenvalue weighted by atomic mass is 16.5. The van der Waals surface area contributed by atoms with Gasteiger partial charge in [0.2, 0.25) is 0 Å². The minimum atomic E-state index is -0.596. The van der Waals surface area contributed by atoms with Crippen molar-refractivity contribution < 1.29 is 19.0 Å². The highest BCUT2D eigenvalue weighted by molar-refractivity contribution is 5.80. The third kappa shape index (κ3) is 4.71. The van der Waals surface area contributed by atoms with Crippen LogP contribution in [-0.4, -0.2) is 57.9 Å². The van der Waals surface area contributed by atoms with E-state index in [0.29, 0.717) is 13.2 Å². The molecule has 1 unspecified atom stereocenters. The van der Waals surface area contributed by atoms with Crippen LogP contribution in [0.3, 0.4) is 0 Å². The molecule has 0 radical (unpaired) electrons. The molecule has 0 heterocycles. The standard InChI is InChI=1S/C14H22N2O4/c1-16(14(17)13(10-15)19-3)8-9-20-12-6-4-11(18-2)5-7-12/h4-7,13H,8-10,15H2,1-3H3. The second-order valence-electron chi connectivity index (χ2n) is 4.24. The fourth-order valence-corrected chi connectivity index (χ4v) is 1.63. The van der Waals surface area contributed by atoms with E-state index in [1.165, 1.54) is 7.11 Å². The van der Waals surface area contributed by atoms with Crippen LogP contribution in [0.4, 0.5) is 0 Å². The van der Waals surface area contributed by atoms with E-state index in [9.17, 15) is 4.79 Å². The predicted octanol–water partition coefficient (Wildman–Crippen LogP) is 0.506. The molecule has 0 bridgehead atoms. The summed E-state index contributed by atoms with van der Waals surface area (Å²) in [6.07, 6.45) is -0.596. The fourth-order valence-electron chi connectivity index (χ4n) is 1.63. The van der Waals surface area contributed by atoms with Crippen LogP contribution in [0.1, 0.15) is 0 Å². The molecule has 0 aliphatic rings. The average molecular weight is 282 g/mol. The van der Waals surface area contributed by atoms with Crippen molar-refractivity contribution in [1.82, 2.24) is 4.90 Å². The van der Waals surface area contributed by atoms with Gasteiger partial charge in [-0.1, -0.05) is 0 Å². The maximum Gasteiger partial charge on any atom is 0.252 e. The number of nitrogens with two attached hydrogens (primary N) is 1. The molecular weight excluding hydrogens is 260 g/mol. The Morgan fingerprint density at radius 1 is 1.25 bits per heavy atom. The fraction of sp³-hybridized carbons (Fsp3) is 0.500. The number of carbonyl (C=O) groups is 1. The van der Waals surface area contributed by atoms with Crippen molar-refractivity contribution in [3.05, 3.63) is 24.3 Å². The van der Waals surface area contributed by atoms with Crippen LogP contribution in [0.2, 0.25) is 0 Å². The Kier molecular flexibility index (Phi) is 6.83. The van der Waals surface area contributed by atoms with Gasteiger partial charge in [-0.25, -0.2) is 0 Å². The number of amides is 1. The number of hydrogen-bond acceptors (Lipinski definition) is 5. The zero-order valence-electron chi connectivity index (χ0n) is 12.2. The van der Waals surface area contributed by atoms with Gasteiger partial charge in [-0.05, 0) is 24.3 Å². The van der Waals surface area contributed by atoms with Crippen molar-refractivity contribution in [2.24, 2.45) is 5.73 Å². The second-order valence-corrected chi connectivity index (χ2v) is 4.24. The summed E-state index contributed by atoms with van der Waals surface area (Å²) in [5.41, 5.74) is 5.45. The molecular formula is C14H22N2O4. The highest BCUT2D eigenvalue weighted by Gasteiger charge is 2.19. The Morgan fingerprint density at radius 2 is 1.85 bits per heavy atom. The van der Waals surface area contributed by atoms with Crippen molar-refractivity contribution in [2.75, 3.05) is 41.0 Å². The number of methoxy groups -OCH3 is 2. The predicted molar refractivity (Wildman–Crippen MR) is 76.0 cm³/mol. The third-order valence-electron chi connectivity index (χ3n) is 2.91. The van der Waals surface area contributed by atoms with Gasteiger partial charge >= 0.3 is 0 Å². The minimum Gasteiger partial charge on any atom is -0.497 e. The van der Waals surface area contributed by atoms with Crippen molar-refractivity contribution in [1.29, 1.82) is 0 Å². The molecule has 20 heavy (non-hydrogen) atoms. The van der Waals surface area contributed by atoms with E-state index in [2.05, 4.69) is 0 Å². The smallest absolute Gasteiger partial charge is 0.252 e.